The number of hydrogen-bond acceptors (Lipinski definition) is 5. The van der Waals surface area contributed by atoms with Crippen molar-refractivity contribution in [1.29, 1.82) is 0 Å². The van der Waals surface area contributed by atoms with Crippen LogP contribution in [0.3, 0.4) is 0 Å². The Kier molecular flexibility index (Phi) is 5.12. The lowest BCUT2D eigenvalue weighted by atomic mass is 10.1. The third-order valence-corrected chi connectivity index (χ3v) is 5.15. The van der Waals surface area contributed by atoms with Gasteiger partial charge >= 0.3 is 5.97 Å². The molecule has 0 unspecified atom stereocenters. The molecular formula is C22H21N3O4. The fourth-order valence-corrected chi connectivity index (χ4v) is 3.65. The lowest BCUT2D eigenvalue weighted by Gasteiger charge is -2.17. The van der Waals surface area contributed by atoms with Crippen molar-refractivity contribution in [2.24, 2.45) is 0 Å². The second-order valence-corrected chi connectivity index (χ2v) is 7.06. The van der Waals surface area contributed by atoms with Crippen LogP contribution in [-0.2, 0) is 28.9 Å². The van der Waals surface area contributed by atoms with E-state index in [-0.39, 0.29) is 5.56 Å². The molecule has 0 spiro atoms. The van der Waals surface area contributed by atoms with E-state index in [4.69, 9.17) is 4.74 Å². The van der Waals surface area contributed by atoms with Crippen LogP contribution in [0.2, 0.25) is 0 Å². The Labute approximate surface area is 167 Å². The van der Waals surface area contributed by atoms with Crippen LogP contribution in [0.4, 0.5) is 0 Å². The van der Waals surface area contributed by atoms with Gasteiger partial charge in [0.25, 0.3) is 11.5 Å². The first-order valence-electron chi connectivity index (χ1n) is 9.53. The van der Waals surface area contributed by atoms with E-state index in [2.05, 4.69) is 10.3 Å². The number of aromatic nitrogens is 2. The number of nitrogens with zero attached hydrogens (tertiary/aromatic N) is 2. The number of carbonyl (C=O) groups is 2. The fourth-order valence-electron chi connectivity index (χ4n) is 3.65. The molecule has 0 radical (unpaired) electrons. The summed E-state index contributed by atoms with van der Waals surface area (Å²) < 4.78 is 6.54. The fraction of sp³-hybridized carbons (Fsp3) is 0.273. The van der Waals surface area contributed by atoms with Gasteiger partial charge in [0.15, 0.2) is 0 Å². The standard InChI is InChI=1S/C22H21N3O4/c1-29-22(28)18(12-14-6-3-2-4-7-14)24-20(26)15-9-10-16-17(13-15)23-19-8-5-11-25(19)21(16)27/h2-4,6-7,9-10,13,18H,5,8,11-12H2,1H3,(H,24,26)/t18-/m0/s1. The zero-order valence-electron chi connectivity index (χ0n) is 16.1. The monoisotopic (exact) mass is 391 g/mol. The van der Waals surface area contributed by atoms with Crippen LogP contribution in [0.5, 0.6) is 0 Å². The van der Waals surface area contributed by atoms with E-state index < -0.39 is 17.9 Å². The molecule has 0 saturated heterocycles. The first kappa shape index (κ1) is 18.9. The summed E-state index contributed by atoms with van der Waals surface area (Å²) >= 11 is 0. The number of nitrogens with one attached hydrogen (secondary N) is 1. The highest BCUT2D eigenvalue weighted by Crippen LogP contribution is 2.16. The second kappa shape index (κ2) is 7.87. The van der Waals surface area contributed by atoms with E-state index in [0.29, 0.717) is 29.4 Å². The van der Waals surface area contributed by atoms with Crippen molar-refractivity contribution in [3.05, 3.63) is 75.8 Å². The Bertz CT molecular complexity index is 1140. The van der Waals surface area contributed by atoms with Crippen LogP contribution in [0.25, 0.3) is 10.9 Å². The minimum atomic E-state index is -0.816. The normalized spacial score (nSPS) is 13.7. The van der Waals surface area contributed by atoms with Crippen molar-refractivity contribution in [3.63, 3.8) is 0 Å². The molecule has 4 rings (SSSR count). The molecule has 1 aliphatic rings. The van der Waals surface area contributed by atoms with Gasteiger partial charge < -0.3 is 10.1 Å². The van der Waals surface area contributed by atoms with Crippen LogP contribution in [0.15, 0.2) is 53.3 Å². The number of carbonyl (C=O) groups excluding carboxylic acids is 2. The van der Waals surface area contributed by atoms with E-state index in [0.717, 1.165) is 24.2 Å². The average molecular weight is 391 g/mol. The highest BCUT2D eigenvalue weighted by molar-refractivity contribution is 5.99. The number of aryl methyl sites for hydroxylation is 1. The van der Waals surface area contributed by atoms with E-state index in [9.17, 15) is 14.4 Å². The highest BCUT2D eigenvalue weighted by atomic mass is 16.5. The number of ether oxygens (including phenoxy) is 1. The maximum absolute atomic E-state index is 12.8. The molecule has 1 N–H and O–H groups in total. The number of benzene rings is 2. The summed E-state index contributed by atoms with van der Waals surface area (Å²) in [6, 6.07) is 13.4. The van der Waals surface area contributed by atoms with Crippen molar-refractivity contribution < 1.29 is 14.3 Å². The Morgan fingerprint density at radius 1 is 1.21 bits per heavy atom. The van der Waals surface area contributed by atoms with Gasteiger partial charge in [0.1, 0.15) is 11.9 Å². The summed E-state index contributed by atoms with van der Waals surface area (Å²) in [5.41, 5.74) is 1.67. The van der Waals surface area contributed by atoms with Gasteiger partial charge in [-0.3, -0.25) is 14.2 Å². The summed E-state index contributed by atoms with van der Waals surface area (Å²) in [6.07, 6.45) is 1.97. The molecule has 29 heavy (non-hydrogen) atoms. The molecule has 0 fully saturated rings. The van der Waals surface area contributed by atoms with Gasteiger partial charge in [-0.1, -0.05) is 30.3 Å². The van der Waals surface area contributed by atoms with Crippen molar-refractivity contribution in [3.8, 4) is 0 Å². The average Bonchev–Trinajstić information content (AvgIpc) is 3.22. The topological polar surface area (TPSA) is 90.3 Å². The smallest absolute Gasteiger partial charge is 0.328 e. The minimum absolute atomic E-state index is 0.0778. The van der Waals surface area contributed by atoms with Crippen molar-refractivity contribution in [2.75, 3.05) is 7.11 Å². The zero-order chi connectivity index (χ0) is 20.4. The summed E-state index contributed by atoms with van der Waals surface area (Å²) in [4.78, 5) is 42.1. The Balaban J connectivity index is 1.60. The van der Waals surface area contributed by atoms with Crippen LogP contribution < -0.4 is 10.9 Å². The van der Waals surface area contributed by atoms with Crippen LogP contribution >= 0.6 is 0 Å². The molecule has 7 heteroatoms. The van der Waals surface area contributed by atoms with Gasteiger partial charge in [-0.15, -0.1) is 0 Å². The van der Waals surface area contributed by atoms with E-state index in [1.54, 1.807) is 22.8 Å². The Morgan fingerprint density at radius 3 is 2.76 bits per heavy atom. The number of esters is 1. The van der Waals surface area contributed by atoms with Crippen molar-refractivity contribution in [1.82, 2.24) is 14.9 Å². The van der Waals surface area contributed by atoms with Crippen LogP contribution in [-0.4, -0.2) is 34.6 Å². The van der Waals surface area contributed by atoms with E-state index in [1.165, 1.54) is 7.11 Å². The Hall–Kier alpha value is -3.48. The van der Waals surface area contributed by atoms with Crippen LogP contribution in [0, 0.1) is 0 Å². The van der Waals surface area contributed by atoms with E-state index >= 15 is 0 Å². The van der Waals surface area contributed by atoms with Gasteiger partial charge in [0.2, 0.25) is 0 Å². The van der Waals surface area contributed by atoms with Crippen molar-refractivity contribution >= 4 is 22.8 Å². The molecule has 1 aliphatic heterocycles. The molecule has 7 nitrogen and oxygen atoms in total. The molecular weight excluding hydrogens is 370 g/mol. The maximum Gasteiger partial charge on any atom is 0.328 e. The summed E-state index contributed by atoms with van der Waals surface area (Å²) in [7, 11) is 1.29. The Morgan fingerprint density at radius 2 is 2.00 bits per heavy atom. The van der Waals surface area contributed by atoms with Crippen LogP contribution in [0.1, 0.15) is 28.2 Å². The minimum Gasteiger partial charge on any atom is -0.467 e. The van der Waals surface area contributed by atoms with Crippen molar-refractivity contribution in [2.45, 2.75) is 31.8 Å². The molecule has 148 valence electrons. The van der Waals surface area contributed by atoms with Gasteiger partial charge in [0, 0.05) is 24.9 Å². The number of fused-ring (bicyclic) bond motifs is 2. The second-order valence-electron chi connectivity index (χ2n) is 7.06. The molecule has 2 heterocycles. The molecule has 1 amide bonds. The molecule has 0 bridgehead atoms. The molecule has 1 atom stereocenters. The van der Waals surface area contributed by atoms with E-state index in [1.807, 2.05) is 30.3 Å². The van der Waals surface area contributed by atoms with Gasteiger partial charge in [-0.25, -0.2) is 9.78 Å². The third-order valence-electron chi connectivity index (χ3n) is 5.15. The maximum atomic E-state index is 12.8. The summed E-state index contributed by atoms with van der Waals surface area (Å²) in [6.45, 7) is 0.680. The highest BCUT2D eigenvalue weighted by Gasteiger charge is 2.23. The lowest BCUT2D eigenvalue weighted by molar-refractivity contribution is -0.142. The number of amides is 1. The SMILES string of the molecule is COC(=O)[C@H](Cc1ccccc1)NC(=O)c1ccc2c(=O)n3c(nc2c1)CCC3. The summed E-state index contributed by atoms with van der Waals surface area (Å²) in [5.74, 6) is -0.186. The molecule has 2 aromatic carbocycles. The first-order chi connectivity index (χ1) is 14.1. The number of rotatable bonds is 5. The molecule has 3 aromatic rings. The summed E-state index contributed by atoms with van der Waals surface area (Å²) in [5, 5.41) is 3.23. The van der Waals surface area contributed by atoms with Gasteiger partial charge in [0.05, 0.1) is 18.0 Å². The molecule has 0 saturated carbocycles. The third kappa shape index (κ3) is 3.76. The largest absolute Gasteiger partial charge is 0.467 e. The van der Waals surface area contributed by atoms with Gasteiger partial charge in [-0.2, -0.15) is 0 Å². The lowest BCUT2D eigenvalue weighted by Crippen LogP contribution is -2.43. The molecule has 0 aliphatic carbocycles. The predicted octanol–water partition coefficient (Wildman–Crippen LogP) is 1.86. The zero-order valence-corrected chi connectivity index (χ0v) is 16.1. The van der Waals surface area contributed by atoms with Gasteiger partial charge in [-0.05, 0) is 30.2 Å². The quantitative estimate of drug-likeness (QED) is 0.671. The predicted molar refractivity (Wildman–Crippen MR) is 108 cm³/mol. The first-order valence-corrected chi connectivity index (χ1v) is 9.53. The molecule has 1 aromatic heterocycles. The number of methoxy groups -OCH3 is 1. The number of hydrogen-bond donors (Lipinski definition) is 1.